The van der Waals surface area contributed by atoms with Crippen molar-refractivity contribution in [2.45, 2.75) is 25.3 Å². The second-order valence-electron chi connectivity index (χ2n) is 4.70. The lowest BCUT2D eigenvalue weighted by molar-refractivity contribution is 0.468. The molecular weight excluding hydrogens is 212 g/mol. The molecular formula is C10H20N2O2S. The molecule has 2 fully saturated rings. The number of sulfone groups is 1. The molecule has 0 spiro atoms. The summed E-state index contributed by atoms with van der Waals surface area (Å²) in [6.07, 6.45) is 3.24. The summed E-state index contributed by atoms with van der Waals surface area (Å²) in [5.74, 6) is 1.50. The predicted molar refractivity (Wildman–Crippen MR) is 60.7 cm³/mol. The Morgan fingerprint density at radius 3 is 2.80 bits per heavy atom. The normalized spacial score (nSPS) is 34.7. The second-order valence-corrected chi connectivity index (χ2v) is 6.93. The van der Waals surface area contributed by atoms with Crippen LogP contribution < -0.4 is 10.6 Å². The first-order chi connectivity index (χ1) is 7.16. The number of nitrogens with one attached hydrogen (secondary N) is 2. The summed E-state index contributed by atoms with van der Waals surface area (Å²) in [7, 11) is -2.72. The molecule has 2 aliphatic heterocycles. The predicted octanol–water partition coefficient (Wildman–Crippen LogP) is -0.237. The highest BCUT2D eigenvalue weighted by molar-refractivity contribution is 7.91. The number of hydrogen-bond donors (Lipinski definition) is 2. The zero-order chi connectivity index (χ0) is 10.7. The van der Waals surface area contributed by atoms with Crippen molar-refractivity contribution in [2.75, 3.05) is 31.1 Å². The summed E-state index contributed by atoms with van der Waals surface area (Å²) in [6, 6.07) is 0.212. The van der Waals surface area contributed by atoms with Gasteiger partial charge in [-0.25, -0.2) is 8.42 Å². The van der Waals surface area contributed by atoms with Gasteiger partial charge in [0, 0.05) is 6.04 Å². The van der Waals surface area contributed by atoms with Crippen LogP contribution in [0.5, 0.6) is 0 Å². The Balaban J connectivity index is 1.62. The van der Waals surface area contributed by atoms with Gasteiger partial charge in [-0.15, -0.1) is 0 Å². The highest BCUT2D eigenvalue weighted by Gasteiger charge is 2.27. The van der Waals surface area contributed by atoms with Gasteiger partial charge in [0.2, 0.25) is 0 Å². The molecule has 0 aromatic heterocycles. The molecule has 15 heavy (non-hydrogen) atoms. The third kappa shape index (κ3) is 3.43. The van der Waals surface area contributed by atoms with E-state index in [0.717, 1.165) is 32.0 Å². The fourth-order valence-electron chi connectivity index (χ4n) is 2.41. The van der Waals surface area contributed by atoms with Gasteiger partial charge in [-0.3, -0.25) is 0 Å². The minimum absolute atomic E-state index is 0.212. The van der Waals surface area contributed by atoms with Crippen LogP contribution in [0.25, 0.3) is 0 Å². The Hall–Kier alpha value is -0.130. The highest BCUT2D eigenvalue weighted by Crippen LogP contribution is 2.13. The van der Waals surface area contributed by atoms with E-state index >= 15 is 0 Å². The van der Waals surface area contributed by atoms with Crippen molar-refractivity contribution in [2.24, 2.45) is 5.92 Å². The summed E-state index contributed by atoms with van der Waals surface area (Å²) in [6.45, 7) is 3.24. The van der Waals surface area contributed by atoms with Gasteiger partial charge in [0.1, 0.15) is 0 Å². The van der Waals surface area contributed by atoms with E-state index in [9.17, 15) is 8.42 Å². The first-order valence-electron chi connectivity index (χ1n) is 5.80. The molecule has 88 valence electrons. The molecule has 2 unspecified atom stereocenters. The average molecular weight is 232 g/mol. The van der Waals surface area contributed by atoms with Crippen LogP contribution in [-0.4, -0.2) is 45.6 Å². The summed E-state index contributed by atoms with van der Waals surface area (Å²) >= 11 is 0. The van der Waals surface area contributed by atoms with E-state index in [-0.39, 0.29) is 6.04 Å². The third-order valence-corrected chi connectivity index (χ3v) is 5.15. The maximum atomic E-state index is 11.2. The van der Waals surface area contributed by atoms with Crippen LogP contribution in [0.1, 0.15) is 19.3 Å². The third-order valence-electron chi connectivity index (χ3n) is 3.38. The van der Waals surface area contributed by atoms with E-state index in [1.54, 1.807) is 0 Å². The van der Waals surface area contributed by atoms with Gasteiger partial charge < -0.3 is 10.6 Å². The van der Waals surface area contributed by atoms with E-state index in [1.165, 1.54) is 12.8 Å². The minimum atomic E-state index is -2.72. The lowest BCUT2D eigenvalue weighted by Gasteiger charge is -2.13. The maximum absolute atomic E-state index is 11.2. The molecule has 0 aromatic rings. The molecule has 5 heteroatoms. The molecule has 2 atom stereocenters. The molecule has 0 aromatic carbocycles. The van der Waals surface area contributed by atoms with E-state index in [2.05, 4.69) is 10.6 Å². The van der Waals surface area contributed by atoms with Crippen LogP contribution >= 0.6 is 0 Å². The fourth-order valence-corrected chi connectivity index (χ4v) is 4.12. The lowest BCUT2D eigenvalue weighted by atomic mass is 10.1. The lowest BCUT2D eigenvalue weighted by Crippen LogP contribution is -2.31. The topological polar surface area (TPSA) is 58.2 Å². The molecule has 2 rings (SSSR count). The van der Waals surface area contributed by atoms with E-state index in [1.807, 2.05) is 0 Å². The van der Waals surface area contributed by atoms with Crippen molar-refractivity contribution in [1.29, 1.82) is 0 Å². The molecule has 0 aliphatic carbocycles. The average Bonchev–Trinajstić information content (AvgIpc) is 2.76. The van der Waals surface area contributed by atoms with Gasteiger partial charge in [-0.2, -0.15) is 0 Å². The van der Waals surface area contributed by atoms with Crippen LogP contribution in [0.2, 0.25) is 0 Å². The quantitative estimate of drug-likeness (QED) is 0.702. The number of hydrogen-bond acceptors (Lipinski definition) is 4. The van der Waals surface area contributed by atoms with E-state index in [4.69, 9.17) is 0 Å². The largest absolute Gasteiger partial charge is 0.316 e. The molecule has 0 saturated carbocycles. The number of rotatable bonds is 4. The van der Waals surface area contributed by atoms with Crippen LogP contribution in [0.3, 0.4) is 0 Å². The van der Waals surface area contributed by atoms with Gasteiger partial charge in [0.15, 0.2) is 9.84 Å². The molecule has 4 nitrogen and oxygen atoms in total. The molecule has 2 N–H and O–H groups in total. The van der Waals surface area contributed by atoms with E-state index < -0.39 is 9.84 Å². The first-order valence-corrected chi connectivity index (χ1v) is 7.62. The Bertz CT molecular complexity index is 297. The Morgan fingerprint density at radius 2 is 2.20 bits per heavy atom. The monoisotopic (exact) mass is 232 g/mol. The summed E-state index contributed by atoms with van der Waals surface area (Å²) in [4.78, 5) is 0. The van der Waals surface area contributed by atoms with Gasteiger partial charge in [-0.1, -0.05) is 0 Å². The molecule has 0 bridgehead atoms. The molecule has 0 amide bonds. The summed E-state index contributed by atoms with van der Waals surface area (Å²) < 4.78 is 22.4. The molecule has 2 aliphatic rings. The van der Waals surface area contributed by atoms with Gasteiger partial charge >= 0.3 is 0 Å². The smallest absolute Gasteiger partial charge is 0.151 e. The van der Waals surface area contributed by atoms with Crippen LogP contribution in [0.15, 0.2) is 0 Å². The highest BCUT2D eigenvalue weighted by atomic mass is 32.2. The fraction of sp³-hybridized carbons (Fsp3) is 1.00. The Labute approximate surface area is 91.7 Å². The second kappa shape index (κ2) is 4.80. The van der Waals surface area contributed by atoms with Crippen LogP contribution in [0.4, 0.5) is 0 Å². The van der Waals surface area contributed by atoms with Crippen LogP contribution in [0, 0.1) is 5.92 Å². The first kappa shape index (κ1) is 11.4. The van der Waals surface area contributed by atoms with Gasteiger partial charge in [-0.05, 0) is 44.8 Å². The van der Waals surface area contributed by atoms with Crippen molar-refractivity contribution in [3.8, 4) is 0 Å². The maximum Gasteiger partial charge on any atom is 0.151 e. The zero-order valence-corrected chi connectivity index (χ0v) is 9.85. The Morgan fingerprint density at radius 1 is 1.33 bits per heavy atom. The van der Waals surface area contributed by atoms with Gasteiger partial charge in [0.05, 0.1) is 11.5 Å². The Kier molecular flexibility index (Phi) is 3.64. The standard InChI is InChI=1S/C10H20N2O2S/c13-15(14)6-3-10(8-15)12-5-2-9-1-4-11-7-9/h9-12H,1-8H2. The van der Waals surface area contributed by atoms with Crippen molar-refractivity contribution < 1.29 is 8.42 Å². The molecule has 2 saturated heterocycles. The van der Waals surface area contributed by atoms with Crippen molar-refractivity contribution in [3.63, 3.8) is 0 Å². The van der Waals surface area contributed by atoms with E-state index in [0.29, 0.717) is 11.5 Å². The summed E-state index contributed by atoms with van der Waals surface area (Å²) in [5.41, 5.74) is 0. The SMILES string of the molecule is O=S1(=O)CCC(NCCC2CCNC2)C1. The van der Waals surface area contributed by atoms with Gasteiger partial charge in [0.25, 0.3) is 0 Å². The van der Waals surface area contributed by atoms with Crippen molar-refractivity contribution in [1.82, 2.24) is 10.6 Å². The molecule has 2 heterocycles. The summed E-state index contributed by atoms with van der Waals surface area (Å²) in [5, 5.41) is 6.70. The molecule has 0 radical (unpaired) electrons. The van der Waals surface area contributed by atoms with Crippen LogP contribution in [-0.2, 0) is 9.84 Å². The van der Waals surface area contributed by atoms with Crippen molar-refractivity contribution >= 4 is 9.84 Å². The minimum Gasteiger partial charge on any atom is -0.316 e. The van der Waals surface area contributed by atoms with Crippen molar-refractivity contribution in [3.05, 3.63) is 0 Å². The zero-order valence-electron chi connectivity index (χ0n) is 9.04.